The Balaban J connectivity index is 1.53. The molecule has 3 aliphatic rings. The molecule has 0 radical (unpaired) electrons. The van der Waals surface area contributed by atoms with Crippen LogP contribution in [0.15, 0.2) is 36.4 Å². The molecule has 0 aromatic heterocycles. The van der Waals surface area contributed by atoms with Gasteiger partial charge in [0.05, 0.1) is 18.6 Å². The predicted molar refractivity (Wildman–Crippen MR) is 140 cm³/mol. The number of halogens is 1. The summed E-state index contributed by atoms with van der Waals surface area (Å²) >= 11 is 6.33. The molecule has 0 saturated heterocycles. The van der Waals surface area contributed by atoms with E-state index in [9.17, 15) is 18.3 Å². The molecule has 3 atom stereocenters. The fourth-order valence-electron chi connectivity index (χ4n) is 6.19. The first-order valence-electron chi connectivity index (χ1n) is 12.6. The van der Waals surface area contributed by atoms with Crippen molar-refractivity contribution in [2.24, 2.45) is 11.8 Å². The molecule has 5 rings (SSSR count). The van der Waals surface area contributed by atoms with Gasteiger partial charge in [-0.3, -0.25) is 4.79 Å². The number of anilines is 1. The number of fused-ring (bicyclic) bond motifs is 3. The van der Waals surface area contributed by atoms with Gasteiger partial charge in [-0.25, -0.2) is 13.1 Å². The Labute approximate surface area is 217 Å². The Morgan fingerprint density at radius 3 is 2.75 bits per heavy atom. The smallest absolute Gasteiger partial charge is 0.264 e. The molecule has 0 bridgehead atoms. The fraction of sp³-hybridized carbons (Fsp3) is 0.519. The minimum atomic E-state index is -3.68. The standard InChI is InChI=1S/C27H33ClN2O5S/c1-36(33,34)29-26(32)20-6-9-25-24(14-20)30(15-21-5-4-18(21)10-12-31)16-27(17-35-25)11-2-3-19-13-22(28)7-8-23(19)27/h6-9,13-14,18,21,31H,2-5,10-12,15-17H2,1H3,(H,29,32)/t18-,21-,27-/m0/s1. The van der Waals surface area contributed by atoms with Gasteiger partial charge in [0.25, 0.3) is 5.91 Å². The second-order valence-corrected chi connectivity index (χ2v) is 12.8. The van der Waals surface area contributed by atoms with Crippen LogP contribution in [0.4, 0.5) is 5.69 Å². The van der Waals surface area contributed by atoms with Gasteiger partial charge in [-0.2, -0.15) is 0 Å². The van der Waals surface area contributed by atoms with Crippen molar-refractivity contribution < 1.29 is 23.1 Å². The maximum atomic E-state index is 12.7. The van der Waals surface area contributed by atoms with Crippen LogP contribution in [0.2, 0.25) is 5.02 Å². The van der Waals surface area contributed by atoms with Crippen LogP contribution in [0, 0.1) is 11.8 Å². The van der Waals surface area contributed by atoms with Crippen molar-refractivity contribution in [2.75, 3.05) is 37.5 Å². The lowest BCUT2D eigenvalue weighted by Crippen LogP contribution is -2.48. The molecule has 1 aliphatic heterocycles. The van der Waals surface area contributed by atoms with Crippen molar-refractivity contribution in [1.29, 1.82) is 0 Å². The summed E-state index contributed by atoms with van der Waals surface area (Å²) in [6, 6.07) is 11.3. The highest BCUT2D eigenvalue weighted by Crippen LogP contribution is 2.46. The van der Waals surface area contributed by atoms with E-state index in [2.05, 4.69) is 21.8 Å². The maximum Gasteiger partial charge on any atom is 0.264 e. The number of hydrogen-bond acceptors (Lipinski definition) is 6. The van der Waals surface area contributed by atoms with Gasteiger partial charge in [-0.1, -0.05) is 17.7 Å². The van der Waals surface area contributed by atoms with E-state index in [0.717, 1.165) is 68.6 Å². The van der Waals surface area contributed by atoms with E-state index in [1.54, 1.807) is 18.2 Å². The molecule has 36 heavy (non-hydrogen) atoms. The van der Waals surface area contributed by atoms with Gasteiger partial charge in [-0.15, -0.1) is 0 Å². The van der Waals surface area contributed by atoms with Crippen molar-refractivity contribution in [1.82, 2.24) is 4.72 Å². The third kappa shape index (κ3) is 5.08. The van der Waals surface area contributed by atoms with Crippen molar-refractivity contribution >= 4 is 33.2 Å². The number of amides is 1. The second kappa shape index (κ2) is 9.88. The van der Waals surface area contributed by atoms with Crippen LogP contribution in [-0.4, -0.2) is 52.0 Å². The third-order valence-electron chi connectivity index (χ3n) is 8.11. The first-order chi connectivity index (χ1) is 17.2. The number of sulfonamides is 1. The normalized spacial score (nSPS) is 25.2. The van der Waals surface area contributed by atoms with Crippen LogP contribution in [-0.2, 0) is 21.9 Å². The van der Waals surface area contributed by atoms with E-state index < -0.39 is 15.9 Å². The van der Waals surface area contributed by atoms with Crippen LogP contribution >= 0.6 is 11.6 Å². The number of nitrogens with one attached hydrogen (secondary N) is 1. The second-order valence-electron chi connectivity index (χ2n) is 10.6. The lowest BCUT2D eigenvalue weighted by molar-refractivity contribution is 0.0981. The molecule has 9 heteroatoms. The Morgan fingerprint density at radius 1 is 1.22 bits per heavy atom. The highest BCUT2D eigenvalue weighted by Gasteiger charge is 2.43. The van der Waals surface area contributed by atoms with E-state index in [-0.39, 0.29) is 17.6 Å². The summed E-state index contributed by atoms with van der Waals surface area (Å²) in [6.07, 6.45) is 7.00. The van der Waals surface area contributed by atoms with Gasteiger partial charge in [-0.05, 0) is 91.8 Å². The number of rotatable bonds is 6. The highest BCUT2D eigenvalue weighted by molar-refractivity contribution is 7.89. The average molecular weight is 533 g/mol. The number of aliphatic hydroxyl groups excluding tert-OH is 1. The molecule has 0 unspecified atom stereocenters. The summed E-state index contributed by atoms with van der Waals surface area (Å²) in [7, 11) is -3.68. The number of aliphatic hydroxyl groups is 1. The monoisotopic (exact) mass is 532 g/mol. The van der Waals surface area contributed by atoms with Crippen molar-refractivity contribution in [3.8, 4) is 5.75 Å². The van der Waals surface area contributed by atoms with E-state index in [1.807, 2.05) is 6.07 Å². The minimum absolute atomic E-state index is 0.189. The average Bonchev–Trinajstić information content (AvgIpc) is 2.96. The lowest BCUT2D eigenvalue weighted by atomic mass is 9.69. The van der Waals surface area contributed by atoms with Crippen LogP contribution in [0.5, 0.6) is 5.75 Å². The Bertz CT molecular complexity index is 1270. The number of benzene rings is 2. The van der Waals surface area contributed by atoms with Crippen LogP contribution in [0.3, 0.4) is 0 Å². The summed E-state index contributed by atoms with van der Waals surface area (Å²) in [4.78, 5) is 15.0. The summed E-state index contributed by atoms with van der Waals surface area (Å²) < 4.78 is 31.8. The summed E-state index contributed by atoms with van der Waals surface area (Å²) in [5.74, 6) is 0.968. The van der Waals surface area contributed by atoms with Crippen LogP contribution in [0.1, 0.15) is 53.6 Å². The molecule has 1 heterocycles. The van der Waals surface area contributed by atoms with E-state index in [1.165, 1.54) is 11.1 Å². The molecular formula is C27H33ClN2O5S. The molecular weight excluding hydrogens is 500 g/mol. The molecule has 1 saturated carbocycles. The quantitative estimate of drug-likeness (QED) is 0.585. The number of carbonyl (C=O) groups excluding carboxylic acids is 1. The first kappa shape index (κ1) is 25.4. The number of nitrogens with zero attached hydrogens (tertiary/aromatic N) is 1. The molecule has 1 fully saturated rings. The topological polar surface area (TPSA) is 95.9 Å². The zero-order chi connectivity index (χ0) is 25.5. The predicted octanol–water partition coefficient (Wildman–Crippen LogP) is 3.91. The molecule has 194 valence electrons. The summed E-state index contributed by atoms with van der Waals surface area (Å²) in [5.41, 5.74) is 3.40. The van der Waals surface area contributed by atoms with E-state index >= 15 is 0 Å². The van der Waals surface area contributed by atoms with Gasteiger partial charge < -0.3 is 14.7 Å². The zero-order valence-corrected chi connectivity index (χ0v) is 22.1. The zero-order valence-electron chi connectivity index (χ0n) is 20.5. The third-order valence-corrected chi connectivity index (χ3v) is 8.90. The van der Waals surface area contributed by atoms with Gasteiger partial charge in [0, 0.05) is 35.7 Å². The van der Waals surface area contributed by atoms with Crippen molar-refractivity contribution in [3.05, 3.63) is 58.1 Å². The molecule has 1 spiro atoms. The Hall–Kier alpha value is -2.29. The number of aryl methyl sites for hydroxylation is 1. The summed E-state index contributed by atoms with van der Waals surface area (Å²) in [6.45, 7) is 2.23. The molecule has 2 aliphatic carbocycles. The van der Waals surface area contributed by atoms with Crippen LogP contribution in [0.25, 0.3) is 0 Å². The fourth-order valence-corrected chi connectivity index (χ4v) is 6.84. The molecule has 2 aromatic carbocycles. The molecule has 2 aromatic rings. The first-order valence-corrected chi connectivity index (χ1v) is 14.9. The highest BCUT2D eigenvalue weighted by atomic mass is 35.5. The number of hydrogen-bond donors (Lipinski definition) is 2. The Morgan fingerprint density at radius 2 is 2.03 bits per heavy atom. The largest absolute Gasteiger partial charge is 0.490 e. The van der Waals surface area contributed by atoms with Gasteiger partial charge in [0.1, 0.15) is 5.75 Å². The lowest BCUT2D eigenvalue weighted by Gasteiger charge is -2.44. The number of ether oxygens (including phenoxy) is 1. The van der Waals surface area contributed by atoms with Gasteiger partial charge >= 0.3 is 0 Å². The Kier molecular flexibility index (Phi) is 6.96. The van der Waals surface area contributed by atoms with Crippen LogP contribution < -0.4 is 14.4 Å². The molecule has 7 nitrogen and oxygen atoms in total. The maximum absolute atomic E-state index is 12.7. The molecule has 1 amide bonds. The number of carbonyl (C=O) groups is 1. The summed E-state index contributed by atoms with van der Waals surface area (Å²) in [5, 5.41) is 10.3. The van der Waals surface area contributed by atoms with Gasteiger partial charge in [0.15, 0.2) is 0 Å². The van der Waals surface area contributed by atoms with E-state index in [0.29, 0.717) is 24.2 Å². The SMILES string of the molecule is CS(=O)(=O)NC(=O)c1ccc2c(c1)N(C[C@@H]1CC[C@H]1CCO)C[C@@]1(CCCc3cc(Cl)ccc31)CO2. The van der Waals surface area contributed by atoms with Crippen molar-refractivity contribution in [3.63, 3.8) is 0 Å². The molecule has 2 N–H and O–H groups in total. The van der Waals surface area contributed by atoms with Gasteiger partial charge in [0.2, 0.25) is 10.0 Å². The van der Waals surface area contributed by atoms with Crippen molar-refractivity contribution in [2.45, 2.75) is 43.9 Å². The minimum Gasteiger partial charge on any atom is -0.490 e. The van der Waals surface area contributed by atoms with E-state index in [4.69, 9.17) is 16.3 Å².